The molecule has 20 heavy (non-hydrogen) atoms. The number of ether oxygens (including phenoxy) is 2. The second kappa shape index (κ2) is 5.45. The Bertz CT molecular complexity index is 638. The number of benzene rings is 1. The highest BCUT2D eigenvalue weighted by molar-refractivity contribution is 5.97. The minimum atomic E-state index is -0.489. The summed E-state index contributed by atoms with van der Waals surface area (Å²) in [6.07, 6.45) is 2.37. The molecule has 0 N–H and O–H groups in total. The van der Waals surface area contributed by atoms with E-state index in [0.29, 0.717) is 30.4 Å². The summed E-state index contributed by atoms with van der Waals surface area (Å²) in [6.45, 7) is 2.68. The number of carbonyl (C=O) groups excluding carboxylic acids is 1. The fraction of sp³-hybridized carbons (Fsp3) is 0.400. The molecule has 0 radical (unpaired) electrons. The van der Waals surface area contributed by atoms with Gasteiger partial charge < -0.3 is 9.47 Å². The number of aromatic nitrogens is 2. The van der Waals surface area contributed by atoms with Gasteiger partial charge in [0, 0.05) is 5.39 Å². The highest BCUT2D eigenvalue weighted by atomic mass is 16.5. The summed E-state index contributed by atoms with van der Waals surface area (Å²) in [6, 6.07) is 7.50. The summed E-state index contributed by atoms with van der Waals surface area (Å²) in [5, 5.41) is 8.83. The van der Waals surface area contributed by atoms with Crippen LogP contribution in [0.3, 0.4) is 0 Å². The zero-order valence-corrected chi connectivity index (χ0v) is 11.3. The van der Waals surface area contributed by atoms with E-state index in [1.807, 2.05) is 24.3 Å². The maximum atomic E-state index is 12.0. The van der Waals surface area contributed by atoms with Gasteiger partial charge in [-0.05, 0) is 37.8 Å². The van der Waals surface area contributed by atoms with Gasteiger partial charge in [0.15, 0.2) is 5.75 Å². The Kier molecular flexibility index (Phi) is 3.50. The number of carbonyl (C=O) groups is 1. The van der Waals surface area contributed by atoms with Crippen molar-refractivity contribution in [1.29, 1.82) is 0 Å². The van der Waals surface area contributed by atoms with E-state index in [1.165, 1.54) is 12.8 Å². The minimum absolute atomic E-state index is 0.159. The van der Waals surface area contributed by atoms with Crippen molar-refractivity contribution in [1.82, 2.24) is 10.2 Å². The molecule has 1 saturated carbocycles. The average Bonchev–Trinajstić information content (AvgIpc) is 3.29. The molecule has 1 aliphatic carbocycles. The molecule has 0 saturated heterocycles. The molecule has 5 heteroatoms. The number of hydrogen-bond donors (Lipinski definition) is 0. The Morgan fingerprint density at radius 2 is 2.10 bits per heavy atom. The van der Waals surface area contributed by atoms with Crippen LogP contribution in [0, 0.1) is 5.92 Å². The van der Waals surface area contributed by atoms with E-state index in [-0.39, 0.29) is 5.69 Å². The largest absolute Gasteiger partial charge is 0.490 e. The molecule has 1 heterocycles. The molecule has 1 aliphatic rings. The zero-order valence-electron chi connectivity index (χ0n) is 11.3. The van der Waals surface area contributed by atoms with Gasteiger partial charge in [0.1, 0.15) is 0 Å². The average molecular weight is 272 g/mol. The highest BCUT2D eigenvalue weighted by Gasteiger charge is 2.25. The first-order valence-electron chi connectivity index (χ1n) is 6.85. The van der Waals surface area contributed by atoms with Crippen LogP contribution in [0.25, 0.3) is 10.9 Å². The molecule has 0 bridgehead atoms. The van der Waals surface area contributed by atoms with Crippen molar-refractivity contribution in [2.24, 2.45) is 5.92 Å². The summed E-state index contributed by atoms with van der Waals surface area (Å²) in [5.74, 6) is 0.592. The van der Waals surface area contributed by atoms with Crippen molar-refractivity contribution in [3.63, 3.8) is 0 Å². The Balaban J connectivity index is 2.02. The third-order valence-electron chi connectivity index (χ3n) is 3.25. The highest BCUT2D eigenvalue weighted by Crippen LogP contribution is 2.32. The Labute approximate surface area is 116 Å². The standard InChI is InChI=1S/C15H16N2O3/c1-2-19-15(18)13-14(20-9-10-7-8-10)11-5-3-4-6-12(11)16-17-13/h3-6,10H,2,7-9H2,1H3. The predicted octanol–water partition coefficient (Wildman–Crippen LogP) is 2.60. The van der Waals surface area contributed by atoms with Gasteiger partial charge in [-0.25, -0.2) is 4.79 Å². The molecule has 1 aromatic carbocycles. The third kappa shape index (κ3) is 2.57. The van der Waals surface area contributed by atoms with E-state index in [1.54, 1.807) is 6.92 Å². The second-order valence-corrected chi connectivity index (χ2v) is 4.87. The van der Waals surface area contributed by atoms with Crippen molar-refractivity contribution in [3.8, 4) is 5.75 Å². The number of esters is 1. The van der Waals surface area contributed by atoms with Gasteiger partial charge in [-0.1, -0.05) is 12.1 Å². The molecule has 0 amide bonds. The van der Waals surface area contributed by atoms with E-state index < -0.39 is 5.97 Å². The van der Waals surface area contributed by atoms with Crippen molar-refractivity contribution in [2.75, 3.05) is 13.2 Å². The van der Waals surface area contributed by atoms with Gasteiger partial charge >= 0.3 is 5.97 Å². The molecular formula is C15H16N2O3. The predicted molar refractivity (Wildman–Crippen MR) is 73.7 cm³/mol. The summed E-state index contributed by atoms with van der Waals surface area (Å²) < 4.78 is 10.9. The first-order chi connectivity index (χ1) is 9.79. The van der Waals surface area contributed by atoms with Crippen LogP contribution in [0.2, 0.25) is 0 Å². The fourth-order valence-electron chi connectivity index (χ4n) is 1.99. The van der Waals surface area contributed by atoms with Crippen molar-refractivity contribution >= 4 is 16.9 Å². The van der Waals surface area contributed by atoms with Crippen molar-refractivity contribution in [2.45, 2.75) is 19.8 Å². The zero-order chi connectivity index (χ0) is 13.9. The first kappa shape index (κ1) is 12.8. The van der Waals surface area contributed by atoms with Gasteiger partial charge in [0.05, 0.1) is 18.7 Å². The van der Waals surface area contributed by atoms with Crippen LogP contribution in [0.4, 0.5) is 0 Å². The summed E-state index contributed by atoms with van der Waals surface area (Å²) in [5.41, 5.74) is 0.873. The van der Waals surface area contributed by atoms with Crippen LogP contribution < -0.4 is 4.74 Å². The second-order valence-electron chi connectivity index (χ2n) is 4.87. The fourth-order valence-corrected chi connectivity index (χ4v) is 1.99. The third-order valence-corrected chi connectivity index (χ3v) is 3.25. The molecule has 0 atom stereocenters. The SMILES string of the molecule is CCOC(=O)c1nnc2ccccc2c1OCC1CC1. The van der Waals surface area contributed by atoms with Crippen molar-refractivity contribution < 1.29 is 14.3 Å². The lowest BCUT2D eigenvalue weighted by atomic mass is 10.2. The number of fused-ring (bicyclic) bond motifs is 1. The maximum Gasteiger partial charge on any atom is 0.362 e. The molecular weight excluding hydrogens is 256 g/mol. The summed E-state index contributed by atoms with van der Waals surface area (Å²) >= 11 is 0. The Hall–Kier alpha value is -2.17. The van der Waals surface area contributed by atoms with Gasteiger partial charge in [0.2, 0.25) is 5.69 Å². The number of rotatable bonds is 5. The van der Waals surface area contributed by atoms with E-state index in [4.69, 9.17) is 9.47 Å². The number of nitrogens with zero attached hydrogens (tertiary/aromatic N) is 2. The van der Waals surface area contributed by atoms with Gasteiger partial charge in [-0.15, -0.1) is 10.2 Å². The molecule has 2 aromatic rings. The lowest BCUT2D eigenvalue weighted by Crippen LogP contribution is -2.12. The molecule has 1 aromatic heterocycles. The molecule has 3 rings (SSSR count). The number of hydrogen-bond acceptors (Lipinski definition) is 5. The Morgan fingerprint density at radius 3 is 2.85 bits per heavy atom. The van der Waals surface area contributed by atoms with Crippen LogP contribution >= 0.6 is 0 Å². The normalized spacial score (nSPS) is 14.2. The minimum Gasteiger partial charge on any atom is -0.490 e. The monoisotopic (exact) mass is 272 g/mol. The van der Waals surface area contributed by atoms with Gasteiger partial charge in [0.25, 0.3) is 0 Å². The molecule has 0 spiro atoms. The molecule has 104 valence electrons. The first-order valence-corrected chi connectivity index (χ1v) is 6.85. The maximum absolute atomic E-state index is 12.0. The topological polar surface area (TPSA) is 61.3 Å². The lowest BCUT2D eigenvalue weighted by molar-refractivity contribution is 0.0513. The molecule has 5 nitrogen and oxygen atoms in total. The van der Waals surface area contributed by atoms with E-state index in [9.17, 15) is 4.79 Å². The Morgan fingerprint density at radius 1 is 1.30 bits per heavy atom. The quantitative estimate of drug-likeness (QED) is 0.783. The van der Waals surface area contributed by atoms with Crippen LogP contribution in [0.5, 0.6) is 5.75 Å². The van der Waals surface area contributed by atoms with E-state index in [0.717, 1.165) is 5.39 Å². The molecule has 1 fully saturated rings. The van der Waals surface area contributed by atoms with Crippen LogP contribution in [-0.2, 0) is 4.74 Å². The molecule has 0 unspecified atom stereocenters. The smallest absolute Gasteiger partial charge is 0.362 e. The van der Waals surface area contributed by atoms with Crippen LogP contribution in [-0.4, -0.2) is 29.4 Å². The van der Waals surface area contributed by atoms with Crippen LogP contribution in [0.15, 0.2) is 24.3 Å². The summed E-state index contributed by atoms with van der Waals surface area (Å²) in [4.78, 5) is 12.0. The molecule has 0 aliphatic heterocycles. The summed E-state index contributed by atoms with van der Waals surface area (Å²) in [7, 11) is 0. The van der Waals surface area contributed by atoms with Gasteiger partial charge in [-0.2, -0.15) is 0 Å². The van der Waals surface area contributed by atoms with Crippen molar-refractivity contribution in [3.05, 3.63) is 30.0 Å². The van der Waals surface area contributed by atoms with E-state index in [2.05, 4.69) is 10.2 Å². The van der Waals surface area contributed by atoms with Gasteiger partial charge in [-0.3, -0.25) is 0 Å². The lowest BCUT2D eigenvalue weighted by Gasteiger charge is -2.11. The van der Waals surface area contributed by atoms with Crippen LogP contribution in [0.1, 0.15) is 30.3 Å². The van der Waals surface area contributed by atoms with E-state index >= 15 is 0 Å².